The topological polar surface area (TPSA) is 90.3 Å². The van der Waals surface area contributed by atoms with Gasteiger partial charge in [-0.2, -0.15) is 4.98 Å². The Labute approximate surface area is 121 Å². The minimum Gasteiger partial charge on any atom is -0.461 e. The van der Waals surface area contributed by atoms with Crippen LogP contribution in [0.4, 0.5) is 5.82 Å². The number of ether oxygens (including phenoxy) is 1. The van der Waals surface area contributed by atoms with Gasteiger partial charge in [0.2, 0.25) is 5.91 Å². The van der Waals surface area contributed by atoms with E-state index in [9.17, 15) is 14.4 Å². The summed E-state index contributed by atoms with van der Waals surface area (Å²) in [5, 5.41) is 2.41. The highest BCUT2D eigenvalue weighted by Gasteiger charge is 1.99. The van der Waals surface area contributed by atoms with Gasteiger partial charge in [0.05, 0.1) is 6.20 Å². The van der Waals surface area contributed by atoms with Crippen molar-refractivity contribution in [3.05, 3.63) is 34.6 Å². The highest BCUT2D eigenvalue weighted by atomic mass is 16.5. The summed E-state index contributed by atoms with van der Waals surface area (Å²) in [6.07, 6.45) is 5.42. The van der Waals surface area contributed by atoms with Gasteiger partial charge < -0.3 is 10.1 Å². The zero-order valence-corrected chi connectivity index (χ0v) is 12.0. The lowest BCUT2D eigenvalue weighted by Crippen LogP contribution is -2.20. The molecule has 0 radical (unpaired) electrons. The van der Waals surface area contributed by atoms with Gasteiger partial charge in [0.1, 0.15) is 12.4 Å². The van der Waals surface area contributed by atoms with Crippen LogP contribution in [0.25, 0.3) is 6.20 Å². The fourth-order valence-electron chi connectivity index (χ4n) is 1.35. The van der Waals surface area contributed by atoms with Crippen molar-refractivity contribution in [2.75, 3.05) is 11.9 Å². The Morgan fingerprint density at radius 2 is 2.29 bits per heavy atom. The lowest BCUT2D eigenvalue weighted by molar-refractivity contribution is -0.142. The molecule has 1 aromatic heterocycles. The number of carbonyl (C=O) groups is 2. The van der Waals surface area contributed by atoms with E-state index >= 15 is 0 Å². The van der Waals surface area contributed by atoms with Crippen molar-refractivity contribution in [2.45, 2.75) is 26.7 Å². The maximum absolute atomic E-state index is 11.6. The maximum Gasteiger partial charge on any atom is 0.354 e. The van der Waals surface area contributed by atoms with Crippen LogP contribution in [0.2, 0.25) is 0 Å². The van der Waals surface area contributed by atoms with Gasteiger partial charge in [-0.15, -0.1) is 5.73 Å². The van der Waals surface area contributed by atoms with E-state index in [2.05, 4.69) is 16.0 Å². The van der Waals surface area contributed by atoms with Crippen molar-refractivity contribution in [1.82, 2.24) is 9.55 Å². The number of anilines is 1. The van der Waals surface area contributed by atoms with E-state index in [1.807, 2.05) is 6.92 Å². The molecule has 0 aliphatic carbocycles. The Morgan fingerprint density at radius 3 is 2.90 bits per heavy atom. The molecule has 0 unspecified atom stereocenters. The minimum atomic E-state index is -0.551. The van der Waals surface area contributed by atoms with Crippen molar-refractivity contribution >= 4 is 23.9 Å². The number of esters is 1. The molecule has 0 spiro atoms. The number of carbonyl (C=O) groups excluding carboxylic acids is 2. The standard InChI is InChI=1S/C14H17N3O4/c1-3-6-13(19)21-10-5-4-8-17-9-7-12(15-11(2)18)16-14(17)20/h5,7-9H,3,6,10H2,1-2H3,(H,15,16,18,20). The predicted octanol–water partition coefficient (Wildman–Crippen LogP) is 1.17. The van der Waals surface area contributed by atoms with E-state index < -0.39 is 5.69 Å². The van der Waals surface area contributed by atoms with Gasteiger partial charge in [0, 0.05) is 19.5 Å². The van der Waals surface area contributed by atoms with Gasteiger partial charge in [-0.05, 0) is 18.6 Å². The zero-order chi connectivity index (χ0) is 15.7. The Balaban J connectivity index is 2.62. The normalized spacial score (nSPS) is 9.43. The number of hydrogen-bond acceptors (Lipinski definition) is 5. The van der Waals surface area contributed by atoms with Crippen molar-refractivity contribution in [2.24, 2.45) is 0 Å². The number of nitrogens with zero attached hydrogens (tertiary/aromatic N) is 2. The molecule has 1 amide bonds. The number of aromatic nitrogens is 2. The van der Waals surface area contributed by atoms with Crippen LogP contribution in [-0.4, -0.2) is 28.0 Å². The Kier molecular flexibility index (Phi) is 6.63. The molecule has 7 nitrogen and oxygen atoms in total. The molecule has 0 saturated heterocycles. The van der Waals surface area contributed by atoms with Gasteiger partial charge in [0.25, 0.3) is 0 Å². The lowest BCUT2D eigenvalue weighted by Gasteiger charge is -2.01. The second kappa shape index (κ2) is 8.50. The minimum absolute atomic E-state index is 0.0987. The molecule has 112 valence electrons. The van der Waals surface area contributed by atoms with Crippen LogP contribution >= 0.6 is 0 Å². The van der Waals surface area contributed by atoms with Crippen LogP contribution in [0.5, 0.6) is 0 Å². The molecule has 0 saturated carbocycles. The first-order valence-electron chi connectivity index (χ1n) is 6.46. The van der Waals surface area contributed by atoms with E-state index in [1.54, 1.807) is 0 Å². The first-order chi connectivity index (χ1) is 10.0. The monoisotopic (exact) mass is 291 g/mol. The van der Waals surface area contributed by atoms with Crippen LogP contribution in [0.3, 0.4) is 0 Å². The average Bonchev–Trinajstić information content (AvgIpc) is 2.40. The molecular formula is C14H17N3O4. The number of amides is 1. The molecule has 0 atom stereocenters. The quantitative estimate of drug-likeness (QED) is 0.627. The first kappa shape index (κ1) is 16.4. The smallest absolute Gasteiger partial charge is 0.354 e. The summed E-state index contributed by atoms with van der Waals surface area (Å²) in [4.78, 5) is 37.2. The molecule has 1 N–H and O–H groups in total. The SMILES string of the molecule is CCCC(=O)OCC=C=Cn1ccc(NC(C)=O)nc1=O. The number of hydrogen-bond donors (Lipinski definition) is 1. The number of rotatable bonds is 6. The average molecular weight is 291 g/mol. The fraction of sp³-hybridized carbons (Fsp3) is 0.357. The molecule has 0 bridgehead atoms. The third-order valence-corrected chi connectivity index (χ3v) is 2.25. The molecule has 7 heteroatoms. The van der Waals surface area contributed by atoms with Gasteiger partial charge in [0.15, 0.2) is 0 Å². The molecular weight excluding hydrogens is 274 g/mol. The summed E-state index contributed by atoms with van der Waals surface area (Å²) in [5.74, 6) is -0.382. The number of nitrogens with one attached hydrogen (secondary N) is 1. The zero-order valence-electron chi connectivity index (χ0n) is 12.0. The molecule has 0 aliphatic heterocycles. The summed E-state index contributed by atoms with van der Waals surface area (Å²) in [6, 6.07) is 1.49. The molecule has 1 heterocycles. The van der Waals surface area contributed by atoms with E-state index in [1.165, 1.54) is 36.0 Å². The third kappa shape index (κ3) is 6.35. The Morgan fingerprint density at radius 1 is 1.52 bits per heavy atom. The Hall–Kier alpha value is -2.66. The molecule has 0 aliphatic rings. The van der Waals surface area contributed by atoms with Gasteiger partial charge in [-0.25, -0.2) is 4.79 Å². The van der Waals surface area contributed by atoms with Crippen LogP contribution in [-0.2, 0) is 14.3 Å². The second-order valence-corrected chi connectivity index (χ2v) is 4.12. The van der Waals surface area contributed by atoms with Crippen molar-refractivity contribution < 1.29 is 14.3 Å². The molecule has 1 aromatic rings. The summed E-state index contributed by atoms with van der Waals surface area (Å²) in [7, 11) is 0. The van der Waals surface area contributed by atoms with Crippen LogP contribution in [0.1, 0.15) is 26.7 Å². The maximum atomic E-state index is 11.6. The predicted molar refractivity (Wildman–Crippen MR) is 77.5 cm³/mol. The summed E-state index contributed by atoms with van der Waals surface area (Å²) >= 11 is 0. The largest absolute Gasteiger partial charge is 0.461 e. The second-order valence-electron chi connectivity index (χ2n) is 4.12. The van der Waals surface area contributed by atoms with Gasteiger partial charge in [-0.3, -0.25) is 14.2 Å². The molecule has 0 aromatic carbocycles. The third-order valence-electron chi connectivity index (χ3n) is 2.25. The summed E-state index contributed by atoms with van der Waals surface area (Å²) in [5.41, 5.74) is 2.16. The lowest BCUT2D eigenvalue weighted by atomic mass is 10.3. The van der Waals surface area contributed by atoms with Crippen LogP contribution < -0.4 is 11.0 Å². The molecule has 1 rings (SSSR count). The van der Waals surface area contributed by atoms with E-state index in [-0.39, 0.29) is 24.3 Å². The van der Waals surface area contributed by atoms with E-state index in [0.29, 0.717) is 6.42 Å². The van der Waals surface area contributed by atoms with Gasteiger partial charge in [-0.1, -0.05) is 6.92 Å². The fourth-order valence-corrected chi connectivity index (χ4v) is 1.35. The Bertz CT molecular complexity index is 627. The summed E-state index contributed by atoms with van der Waals surface area (Å²) in [6.45, 7) is 3.32. The highest BCUT2D eigenvalue weighted by molar-refractivity contribution is 5.87. The van der Waals surface area contributed by atoms with Crippen LogP contribution in [0.15, 0.2) is 28.9 Å². The molecule has 0 fully saturated rings. The van der Waals surface area contributed by atoms with Crippen molar-refractivity contribution in [3.63, 3.8) is 0 Å². The van der Waals surface area contributed by atoms with E-state index in [4.69, 9.17) is 4.74 Å². The van der Waals surface area contributed by atoms with E-state index in [0.717, 1.165) is 6.42 Å². The van der Waals surface area contributed by atoms with Gasteiger partial charge >= 0.3 is 11.7 Å². The highest BCUT2D eigenvalue weighted by Crippen LogP contribution is 1.97. The summed E-state index contributed by atoms with van der Waals surface area (Å²) < 4.78 is 6.08. The van der Waals surface area contributed by atoms with Crippen molar-refractivity contribution in [1.29, 1.82) is 0 Å². The first-order valence-corrected chi connectivity index (χ1v) is 6.46. The van der Waals surface area contributed by atoms with Crippen LogP contribution in [0, 0.1) is 0 Å². The molecule has 21 heavy (non-hydrogen) atoms. The van der Waals surface area contributed by atoms with Crippen molar-refractivity contribution in [3.8, 4) is 0 Å².